The fraction of sp³-hybridized carbons (Fsp3) is 0.846. The summed E-state index contributed by atoms with van der Waals surface area (Å²) in [4.78, 5) is 26.2. The summed E-state index contributed by atoms with van der Waals surface area (Å²) in [5.74, 6) is 2.50. The second-order valence-electron chi connectivity index (χ2n) is 5.26. The predicted molar refractivity (Wildman–Crippen MR) is 73.5 cm³/mol. The van der Waals surface area contributed by atoms with Gasteiger partial charge in [-0.1, -0.05) is 6.92 Å². The minimum atomic E-state index is -0.648. The van der Waals surface area contributed by atoms with Gasteiger partial charge < -0.3 is 10.2 Å². The normalized spacial score (nSPS) is 29.1. The summed E-state index contributed by atoms with van der Waals surface area (Å²) in [6, 6.07) is 0. The molecule has 1 N–H and O–H groups in total. The topological polar surface area (TPSA) is 49.4 Å². The van der Waals surface area contributed by atoms with Crippen molar-refractivity contribution < 1.29 is 9.59 Å². The monoisotopic (exact) mass is 270 g/mol. The Morgan fingerprint density at radius 1 is 1.44 bits per heavy atom. The fourth-order valence-electron chi connectivity index (χ4n) is 2.54. The standard InChI is InChI=1S/C13H22N2O2S/c1-3-18-9-8-15-7-6-11(16)14-13(2,12(15)17)10-4-5-10/h10H,3-9H2,1-2H3,(H,14,16). The van der Waals surface area contributed by atoms with Gasteiger partial charge in [0.15, 0.2) is 0 Å². The van der Waals surface area contributed by atoms with E-state index in [-0.39, 0.29) is 11.8 Å². The molecule has 1 heterocycles. The first kappa shape index (κ1) is 13.7. The van der Waals surface area contributed by atoms with E-state index in [1.54, 1.807) is 0 Å². The van der Waals surface area contributed by atoms with Crippen LogP contribution in [0.2, 0.25) is 0 Å². The van der Waals surface area contributed by atoms with Crippen molar-refractivity contribution in [3.8, 4) is 0 Å². The second-order valence-corrected chi connectivity index (χ2v) is 6.66. The number of nitrogens with zero attached hydrogens (tertiary/aromatic N) is 1. The van der Waals surface area contributed by atoms with Crippen LogP contribution in [0.1, 0.15) is 33.1 Å². The van der Waals surface area contributed by atoms with E-state index in [9.17, 15) is 9.59 Å². The highest BCUT2D eigenvalue weighted by molar-refractivity contribution is 7.99. The molecule has 2 amide bonds. The van der Waals surface area contributed by atoms with Crippen molar-refractivity contribution in [1.29, 1.82) is 0 Å². The van der Waals surface area contributed by atoms with Crippen molar-refractivity contribution >= 4 is 23.6 Å². The third kappa shape index (κ3) is 2.82. The maximum atomic E-state index is 12.6. The highest BCUT2D eigenvalue weighted by Gasteiger charge is 2.50. The number of amides is 2. The van der Waals surface area contributed by atoms with Crippen LogP contribution in [0.4, 0.5) is 0 Å². The first-order valence-electron chi connectivity index (χ1n) is 6.76. The second kappa shape index (κ2) is 5.51. The van der Waals surface area contributed by atoms with Crippen LogP contribution in [0.5, 0.6) is 0 Å². The number of carbonyl (C=O) groups excluding carboxylic acids is 2. The van der Waals surface area contributed by atoms with Gasteiger partial charge in [-0.3, -0.25) is 9.59 Å². The number of hydrogen-bond acceptors (Lipinski definition) is 3. The molecule has 4 nitrogen and oxygen atoms in total. The number of thioether (sulfide) groups is 1. The molecule has 1 atom stereocenters. The predicted octanol–water partition coefficient (Wildman–Crippen LogP) is 1.26. The fourth-order valence-corrected chi connectivity index (χ4v) is 3.18. The van der Waals surface area contributed by atoms with E-state index in [1.807, 2.05) is 23.6 Å². The Morgan fingerprint density at radius 3 is 2.78 bits per heavy atom. The van der Waals surface area contributed by atoms with Crippen LogP contribution in [-0.2, 0) is 9.59 Å². The molecular formula is C13H22N2O2S. The molecule has 18 heavy (non-hydrogen) atoms. The van der Waals surface area contributed by atoms with Crippen molar-refractivity contribution in [2.75, 3.05) is 24.6 Å². The zero-order chi connectivity index (χ0) is 13.2. The smallest absolute Gasteiger partial charge is 0.248 e. The van der Waals surface area contributed by atoms with Gasteiger partial charge in [-0.05, 0) is 31.4 Å². The molecule has 102 valence electrons. The summed E-state index contributed by atoms with van der Waals surface area (Å²) < 4.78 is 0. The van der Waals surface area contributed by atoms with Crippen LogP contribution in [0.15, 0.2) is 0 Å². The quantitative estimate of drug-likeness (QED) is 0.765. The molecule has 1 saturated carbocycles. The van der Waals surface area contributed by atoms with E-state index in [1.165, 1.54) is 0 Å². The van der Waals surface area contributed by atoms with Crippen LogP contribution in [-0.4, -0.2) is 46.8 Å². The molecule has 1 aliphatic heterocycles. The van der Waals surface area contributed by atoms with Gasteiger partial charge in [0, 0.05) is 25.3 Å². The molecule has 0 aromatic rings. The maximum absolute atomic E-state index is 12.6. The van der Waals surface area contributed by atoms with Gasteiger partial charge >= 0.3 is 0 Å². The molecule has 0 bridgehead atoms. The molecule has 0 spiro atoms. The van der Waals surface area contributed by atoms with Crippen molar-refractivity contribution in [1.82, 2.24) is 10.2 Å². The van der Waals surface area contributed by atoms with Crippen molar-refractivity contribution in [3.05, 3.63) is 0 Å². The Balaban J connectivity index is 2.06. The van der Waals surface area contributed by atoms with Crippen LogP contribution in [0.3, 0.4) is 0 Å². The summed E-state index contributed by atoms with van der Waals surface area (Å²) in [5.41, 5.74) is -0.648. The van der Waals surface area contributed by atoms with E-state index in [0.29, 0.717) is 18.9 Å². The number of rotatable bonds is 5. The van der Waals surface area contributed by atoms with E-state index >= 15 is 0 Å². The van der Waals surface area contributed by atoms with Crippen LogP contribution in [0.25, 0.3) is 0 Å². The van der Waals surface area contributed by atoms with Gasteiger partial charge in [0.25, 0.3) is 0 Å². The van der Waals surface area contributed by atoms with E-state index in [0.717, 1.165) is 30.9 Å². The summed E-state index contributed by atoms with van der Waals surface area (Å²) >= 11 is 1.84. The lowest BCUT2D eigenvalue weighted by molar-refractivity contribution is -0.138. The lowest BCUT2D eigenvalue weighted by Crippen LogP contribution is -2.57. The molecule has 0 radical (unpaired) electrons. The summed E-state index contributed by atoms with van der Waals surface area (Å²) in [5, 5.41) is 2.95. The van der Waals surface area contributed by atoms with E-state index in [4.69, 9.17) is 0 Å². The van der Waals surface area contributed by atoms with Crippen LogP contribution < -0.4 is 5.32 Å². The van der Waals surface area contributed by atoms with Gasteiger partial charge in [-0.15, -0.1) is 0 Å². The first-order chi connectivity index (χ1) is 8.58. The Bertz CT molecular complexity index is 344. The molecule has 1 unspecified atom stereocenters. The third-order valence-electron chi connectivity index (χ3n) is 3.84. The maximum Gasteiger partial charge on any atom is 0.248 e. The van der Waals surface area contributed by atoms with Gasteiger partial charge in [-0.25, -0.2) is 0 Å². The van der Waals surface area contributed by atoms with Crippen molar-refractivity contribution in [2.24, 2.45) is 5.92 Å². The first-order valence-corrected chi connectivity index (χ1v) is 7.91. The Hall–Kier alpha value is -0.710. The Labute approximate surface area is 113 Å². The number of hydrogen-bond donors (Lipinski definition) is 1. The van der Waals surface area contributed by atoms with Gasteiger partial charge in [-0.2, -0.15) is 11.8 Å². The Morgan fingerprint density at radius 2 is 2.17 bits per heavy atom. The average molecular weight is 270 g/mol. The molecule has 1 saturated heterocycles. The Kier molecular flexibility index (Phi) is 4.20. The highest BCUT2D eigenvalue weighted by atomic mass is 32.2. The molecule has 0 aromatic heterocycles. The molecule has 0 aromatic carbocycles. The molecule has 2 aliphatic rings. The molecule has 5 heteroatoms. The zero-order valence-electron chi connectivity index (χ0n) is 11.2. The van der Waals surface area contributed by atoms with Crippen LogP contribution >= 0.6 is 11.8 Å². The third-order valence-corrected chi connectivity index (χ3v) is 4.72. The lowest BCUT2D eigenvalue weighted by Gasteiger charge is -2.32. The van der Waals surface area contributed by atoms with E-state index < -0.39 is 5.54 Å². The van der Waals surface area contributed by atoms with Crippen molar-refractivity contribution in [2.45, 2.75) is 38.6 Å². The van der Waals surface area contributed by atoms with E-state index in [2.05, 4.69) is 12.2 Å². The number of carbonyl (C=O) groups is 2. The summed E-state index contributed by atoms with van der Waals surface area (Å²) in [6.45, 7) is 5.34. The number of nitrogens with one attached hydrogen (secondary N) is 1. The van der Waals surface area contributed by atoms with Crippen LogP contribution in [0, 0.1) is 5.92 Å². The SMILES string of the molecule is CCSCCN1CCC(=O)NC(C)(C2CC2)C1=O. The highest BCUT2D eigenvalue weighted by Crippen LogP contribution is 2.41. The lowest BCUT2D eigenvalue weighted by atomic mass is 9.94. The largest absolute Gasteiger partial charge is 0.342 e. The molecule has 2 rings (SSSR count). The van der Waals surface area contributed by atoms with Crippen molar-refractivity contribution in [3.63, 3.8) is 0 Å². The van der Waals surface area contributed by atoms with Gasteiger partial charge in [0.1, 0.15) is 5.54 Å². The van der Waals surface area contributed by atoms with Gasteiger partial charge in [0.05, 0.1) is 0 Å². The molecule has 2 fully saturated rings. The minimum absolute atomic E-state index is 0.0170. The average Bonchev–Trinajstić information content (AvgIpc) is 3.16. The van der Waals surface area contributed by atoms with Gasteiger partial charge in [0.2, 0.25) is 11.8 Å². The summed E-state index contributed by atoms with van der Waals surface area (Å²) in [6.07, 6.45) is 2.55. The minimum Gasteiger partial charge on any atom is -0.342 e. The molecule has 1 aliphatic carbocycles. The molecular weight excluding hydrogens is 248 g/mol. The summed E-state index contributed by atoms with van der Waals surface area (Å²) in [7, 11) is 0. The zero-order valence-corrected chi connectivity index (χ0v) is 12.0.